The van der Waals surface area contributed by atoms with Crippen LogP contribution in [0.2, 0.25) is 0 Å². The summed E-state index contributed by atoms with van der Waals surface area (Å²) in [6.45, 7) is 0.707. The Morgan fingerprint density at radius 1 is 1.30 bits per heavy atom. The van der Waals surface area contributed by atoms with Gasteiger partial charge in [-0.3, -0.25) is 4.79 Å². The molecule has 1 aromatic carbocycles. The van der Waals surface area contributed by atoms with E-state index in [2.05, 4.69) is 4.72 Å². The molecule has 6 N–H and O–H groups in total. The second-order valence-corrected chi connectivity index (χ2v) is 8.21. The van der Waals surface area contributed by atoms with Crippen molar-refractivity contribution in [2.45, 2.75) is 49.1 Å². The third-order valence-electron chi connectivity index (χ3n) is 4.57. The van der Waals surface area contributed by atoms with Crippen molar-refractivity contribution < 1.29 is 23.1 Å². The minimum atomic E-state index is -4.04. The number of carboxylic acid groups (broad SMARTS) is 1. The smallest absolute Gasteiger partial charge is 0.326 e. The highest BCUT2D eigenvalue weighted by atomic mass is 32.2. The van der Waals surface area contributed by atoms with Gasteiger partial charge in [0, 0.05) is 6.54 Å². The number of unbranched alkanes of at least 4 members (excludes halogenated alkanes) is 1. The number of rotatable bonds is 9. The third-order valence-corrected chi connectivity index (χ3v) is 6.12. The first-order valence-electron chi connectivity index (χ1n) is 8.88. The second kappa shape index (κ2) is 9.16. The summed E-state index contributed by atoms with van der Waals surface area (Å²) in [6.07, 6.45) is 2.31. The largest absolute Gasteiger partial charge is 0.480 e. The number of carboxylic acids is 1. The van der Waals surface area contributed by atoms with Gasteiger partial charge in [0.15, 0.2) is 0 Å². The summed E-state index contributed by atoms with van der Waals surface area (Å²) in [5.74, 6) is -1.62. The van der Waals surface area contributed by atoms with Crippen molar-refractivity contribution in [3.63, 3.8) is 0 Å². The topological polar surface area (TPSA) is 156 Å². The molecule has 1 saturated heterocycles. The van der Waals surface area contributed by atoms with Crippen LogP contribution >= 0.6 is 0 Å². The number of hydrogen-bond acceptors (Lipinski definition) is 6. The Balaban J connectivity index is 2.24. The van der Waals surface area contributed by atoms with Crippen LogP contribution < -0.4 is 16.2 Å². The van der Waals surface area contributed by atoms with E-state index in [-0.39, 0.29) is 17.0 Å². The summed E-state index contributed by atoms with van der Waals surface area (Å²) in [6, 6.07) is 3.97. The van der Waals surface area contributed by atoms with Crippen LogP contribution in [-0.4, -0.2) is 55.5 Å². The monoisotopic (exact) mass is 398 g/mol. The number of carbonyl (C=O) groups is 2. The highest BCUT2D eigenvalue weighted by molar-refractivity contribution is 7.89. The zero-order valence-corrected chi connectivity index (χ0v) is 15.8. The molecule has 1 aliphatic rings. The van der Waals surface area contributed by atoms with Crippen LogP contribution in [0.15, 0.2) is 29.2 Å². The van der Waals surface area contributed by atoms with Crippen LogP contribution in [0.3, 0.4) is 0 Å². The Morgan fingerprint density at radius 3 is 2.63 bits per heavy atom. The standard InChI is InChI=1S/C17H26N4O5S/c18-10-4-3-7-13(16(22)21-11-5-8-14(21)17(23)24)20-27(25,26)15-9-2-1-6-12(15)19/h1-2,6,9,13-14,20H,3-5,7-8,10-11,18-19H2,(H,23,24)/t13-,14-/m0/s1. The van der Waals surface area contributed by atoms with Crippen molar-refractivity contribution >= 4 is 27.6 Å². The predicted molar refractivity (Wildman–Crippen MR) is 100 cm³/mol. The first-order valence-corrected chi connectivity index (χ1v) is 10.4. The van der Waals surface area contributed by atoms with Crippen LogP contribution in [0.4, 0.5) is 5.69 Å². The number of nitrogen functional groups attached to an aromatic ring is 1. The Bertz CT molecular complexity index is 783. The summed E-state index contributed by atoms with van der Waals surface area (Å²) in [7, 11) is -4.04. The van der Waals surface area contributed by atoms with E-state index in [9.17, 15) is 23.1 Å². The number of nitrogens with two attached hydrogens (primary N) is 2. The number of anilines is 1. The molecule has 150 valence electrons. The molecular formula is C17H26N4O5S. The number of amides is 1. The number of benzene rings is 1. The number of aliphatic carboxylic acids is 1. The number of para-hydroxylation sites is 1. The Labute approximate surface area is 158 Å². The first-order chi connectivity index (χ1) is 12.8. The maximum atomic E-state index is 12.9. The molecule has 0 unspecified atom stereocenters. The van der Waals surface area contributed by atoms with Gasteiger partial charge in [0.2, 0.25) is 15.9 Å². The fraction of sp³-hybridized carbons (Fsp3) is 0.529. The molecule has 0 radical (unpaired) electrons. The van der Waals surface area contributed by atoms with E-state index in [1.807, 2.05) is 0 Å². The van der Waals surface area contributed by atoms with E-state index in [4.69, 9.17) is 11.5 Å². The van der Waals surface area contributed by atoms with Gasteiger partial charge in [0.1, 0.15) is 17.0 Å². The summed E-state index contributed by atoms with van der Waals surface area (Å²) in [4.78, 5) is 25.4. The predicted octanol–water partition coefficient (Wildman–Crippen LogP) is 0.120. The molecule has 27 heavy (non-hydrogen) atoms. The van der Waals surface area contributed by atoms with Gasteiger partial charge in [-0.05, 0) is 44.4 Å². The highest BCUT2D eigenvalue weighted by Crippen LogP contribution is 2.22. The van der Waals surface area contributed by atoms with E-state index in [1.165, 1.54) is 23.1 Å². The molecule has 0 bridgehead atoms. The lowest BCUT2D eigenvalue weighted by Crippen LogP contribution is -2.51. The number of nitrogens with one attached hydrogen (secondary N) is 1. The molecule has 9 nitrogen and oxygen atoms in total. The van der Waals surface area contributed by atoms with Crippen molar-refractivity contribution in [1.82, 2.24) is 9.62 Å². The number of carbonyl (C=O) groups excluding carboxylic acids is 1. The van der Waals surface area contributed by atoms with Crippen molar-refractivity contribution in [1.29, 1.82) is 0 Å². The zero-order valence-electron chi connectivity index (χ0n) is 15.0. The fourth-order valence-corrected chi connectivity index (χ4v) is 4.55. The molecule has 1 heterocycles. The quantitative estimate of drug-likeness (QED) is 0.340. The van der Waals surface area contributed by atoms with Gasteiger partial charge in [-0.15, -0.1) is 0 Å². The van der Waals surface area contributed by atoms with Crippen molar-refractivity contribution in [3.05, 3.63) is 24.3 Å². The van der Waals surface area contributed by atoms with Gasteiger partial charge in [-0.2, -0.15) is 4.72 Å². The van der Waals surface area contributed by atoms with Gasteiger partial charge >= 0.3 is 5.97 Å². The molecule has 1 amide bonds. The molecule has 1 aliphatic heterocycles. The zero-order chi connectivity index (χ0) is 20.0. The summed E-state index contributed by atoms with van der Waals surface area (Å²) < 4.78 is 27.9. The highest BCUT2D eigenvalue weighted by Gasteiger charge is 2.38. The van der Waals surface area contributed by atoms with Crippen LogP contribution in [0.25, 0.3) is 0 Å². The van der Waals surface area contributed by atoms with Crippen molar-refractivity contribution in [2.24, 2.45) is 5.73 Å². The summed E-state index contributed by atoms with van der Waals surface area (Å²) in [5.41, 5.74) is 11.3. The van der Waals surface area contributed by atoms with Crippen molar-refractivity contribution in [3.8, 4) is 0 Å². The molecule has 0 saturated carbocycles. The summed E-state index contributed by atoms with van der Waals surface area (Å²) >= 11 is 0. The van der Waals surface area contributed by atoms with Crippen LogP contribution in [0.5, 0.6) is 0 Å². The van der Waals surface area contributed by atoms with Gasteiger partial charge < -0.3 is 21.5 Å². The van der Waals surface area contributed by atoms with Crippen LogP contribution in [0, 0.1) is 0 Å². The second-order valence-electron chi connectivity index (χ2n) is 6.52. The average molecular weight is 398 g/mol. The van der Waals surface area contributed by atoms with E-state index in [0.717, 1.165) is 0 Å². The summed E-state index contributed by atoms with van der Waals surface area (Å²) in [5, 5.41) is 9.31. The van der Waals surface area contributed by atoms with E-state index in [0.29, 0.717) is 38.8 Å². The molecule has 0 aliphatic carbocycles. The average Bonchev–Trinajstić information content (AvgIpc) is 3.10. The molecular weight excluding hydrogens is 372 g/mol. The van der Waals surface area contributed by atoms with Gasteiger partial charge in [0.05, 0.1) is 5.69 Å². The van der Waals surface area contributed by atoms with E-state index in [1.54, 1.807) is 6.07 Å². The lowest BCUT2D eigenvalue weighted by atomic mass is 10.1. The Kier molecular flexibility index (Phi) is 7.17. The van der Waals surface area contributed by atoms with E-state index >= 15 is 0 Å². The van der Waals surface area contributed by atoms with E-state index < -0.39 is 34.0 Å². The molecule has 10 heteroatoms. The minimum absolute atomic E-state index is 0.0720. The maximum absolute atomic E-state index is 12.9. The number of sulfonamides is 1. The Morgan fingerprint density at radius 2 is 2.00 bits per heavy atom. The maximum Gasteiger partial charge on any atom is 0.326 e. The van der Waals surface area contributed by atoms with Crippen molar-refractivity contribution in [2.75, 3.05) is 18.8 Å². The lowest BCUT2D eigenvalue weighted by molar-refractivity contribution is -0.148. The molecule has 0 spiro atoms. The third kappa shape index (κ3) is 5.18. The minimum Gasteiger partial charge on any atom is -0.480 e. The van der Waals surface area contributed by atoms with Crippen LogP contribution in [0.1, 0.15) is 32.1 Å². The first kappa shape index (κ1) is 21.1. The van der Waals surface area contributed by atoms with Gasteiger partial charge in [-0.25, -0.2) is 13.2 Å². The van der Waals surface area contributed by atoms with Gasteiger partial charge in [-0.1, -0.05) is 18.6 Å². The molecule has 0 aromatic heterocycles. The molecule has 2 rings (SSSR count). The molecule has 2 atom stereocenters. The fourth-order valence-electron chi connectivity index (χ4n) is 3.19. The normalized spacial score (nSPS) is 18.4. The SMILES string of the molecule is NCCCC[C@H](NS(=O)(=O)c1ccccc1N)C(=O)N1CCC[C@H]1C(=O)O. The van der Waals surface area contributed by atoms with Gasteiger partial charge in [0.25, 0.3) is 0 Å². The number of likely N-dealkylation sites (tertiary alicyclic amines) is 1. The molecule has 1 fully saturated rings. The lowest BCUT2D eigenvalue weighted by Gasteiger charge is -2.27. The van der Waals surface area contributed by atoms with Crippen LogP contribution in [-0.2, 0) is 19.6 Å². The number of hydrogen-bond donors (Lipinski definition) is 4. The number of nitrogens with zero attached hydrogens (tertiary/aromatic N) is 1. The molecule has 1 aromatic rings. The Hall–Kier alpha value is -2.17.